The van der Waals surface area contributed by atoms with Gasteiger partial charge in [-0.25, -0.2) is 0 Å². The molecule has 108 valence electrons. The van der Waals surface area contributed by atoms with Crippen molar-refractivity contribution in [1.29, 1.82) is 0 Å². The van der Waals surface area contributed by atoms with Gasteiger partial charge in [-0.15, -0.1) is 0 Å². The Kier molecular flexibility index (Phi) is 106. The monoisotopic (exact) mass is 444 g/mol. The molecule has 0 fully saturated rings. The Labute approximate surface area is 158 Å². The summed E-state index contributed by atoms with van der Waals surface area (Å²) in [6.07, 6.45) is 0. The van der Waals surface area contributed by atoms with E-state index in [1.165, 1.54) is 0 Å². The van der Waals surface area contributed by atoms with Crippen LogP contribution in [0.3, 0.4) is 0 Å². The fourth-order valence-corrected chi connectivity index (χ4v) is 0. The average molecular weight is 443 g/mol. The van der Waals surface area contributed by atoms with E-state index in [1.807, 2.05) is 0 Å². The largest absolute Gasteiger partial charge is 3.00 e. The normalized spacial score (nSPS) is 5.40. The first-order valence-electron chi connectivity index (χ1n) is 2.83. The Hall–Kier alpha value is 1.91. The maximum Gasteiger partial charge on any atom is 3.00 e. The fourth-order valence-electron chi connectivity index (χ4n) is 0. The van der Waals surface area contributed by atoms with E-state index in [9.17, 15) is 0 Å². The summed E-state index contributed by atoms with van der Waals surface area (Å²) < 4.78 is 0. The summed E-state index contributed by atoms with van der Waals surface area (Å²) in [5.41, 5.74) is 0. The molecule has 0 N–H and O–H groups in total. The van der Waals surface area contributed by atoms with Crippen LogP contribution in [0.5, 0.6) is 0 Å². The molecule has 0 aromatic heterocycles. The van der Waals surface area contributed by atoms with E-state index >= 15 is 0 Å². The van der Waals surface area contributed by atoms with Crippen LogP contribution in [0.2, 0.25) is 0 Å². The molecule has 0 aromatic rings. The van der Waals surface area contributed by atoms with Crippen LogP contribution in [-0.2, 0) is 69.4 Å². The molecule has 0 aliphatic carbocycles. The van der Waals surface area contributed by atoms with Crippen LogP contribution < -0.4 is 60.3 Å². The van der Waals surface area contributed by atoms with Gasteiger partial charge in [-0.1, -0.05) is 0 Å². The standard InChI is InChI=1S/4BO3.4Cr/c4*2-1(3)4;;;;/q4*-3;4*+3. The minimum absolute atomic E-state index is 0. The van der Waals surface area contributed by atoms with Crippen LogP contribution in [0.15, 0.2) is 0 Å². The zero-order chi connectivity index (χ0) is 14.3. The van der Waals surface area contributed by atoms with Crippen molar-refractivity contribution in [2.75, 3.05) is 0 Å². The zero-order valence-corrected chi connectivity index (χ0v) is 13.9. The first-order chi connectivity index (χ1) is 6.93. The predicted molar refractivity (Wildman–Crippen MR) is 23.0 cm³/mol. The molecule has 0 unspecified atom stereocenters. The Morgan fingerprint density at radius 3 is 0.250 bits per heavy atom. The molecule has 0 amide bonds. The minimum Gasteiger partial charge on any atom is -0.907 e. The maximum absolute atomic E-state index is 8.42. The van der Waals surface area contributed by atoms with Crippen LogP contribution in [0, 0.1) is 0 Å². The minimum atomic E-state index is -2.92. The predicted octanol–water partition coefficient (Wildman–Crippen LogP) is -15.8. The van der Waals surface area contributed by atoms with Crippen LogP contribution in [0.1, 0.15) is 0 Å². The van der Waals surface area contributed by atoms with E-state index in [0.29, 0.717) is 0 Å². The van der Waals surface area contributed by atoms with Crippen LogP contribution in [0.4, 0.5) is 0 Å². The molecule has 0 rings (SSSR count). The van der Waals surface area contributed by atoms with E-state index < -0.39 is 29.3 Å². The Morgan fingerprint density at radius 1 is 0.250 bits per heavy atom. The van der Waals surface area contributed by atoms with Gasteiger partial charge in [0.1, 0.15) is 0 Å². The van der Waals surface area contributed by atoms with Crippen molar-refractivity contribution in [2.45, 2.75) is 0 Å². The summed E-state index contributed by atoms with van der Waals surface area (Å²) in [5, 5.41) is 101. The smallest absolute Gasteiger partial charge is 0.907 e. The molecule has 0 spiro atoms. The van der Waals surface area contributed by atoms with Gasteiger partial charge in [-0.05, 0) is 0 Å². The quantitative estimate of drug-likeness (QED) is 0.315. The third kappa shape index (κ3) is 1950. The fraction of sp³-hybridized carbons (Fsp3) is 0. The van der Waals surface area contributed by atoms with E-state index in [0.717, 1.165) is 0 Å². The van der Waals surface area contributed by atoms with Crippen molar-refractivity contribution in [1.82, 2.24) is 0 Å². The first kappa shape index (κ1) is 49.5. The molecule has 0 heterocycles. The summed E-state index contributed by atoms with van der Waals surface area (Å²) in [5.74, 6) is 0. The van der Waals surface area contributed by atoms with Crippen molar-refractivity contribution < 1.29 is 130 Å². The number of hydrogen-bond donors (Lipinski definition) is 0. The van der Waals surface area contributed by atoms with Gasteiger partial charge in [0.15, 0.2) is 0 Å². The summed E-state index contributed by atoms with van der Waals surface area (Å²) in [7, 11) is -11.7. The molecule has 0 atom stereocenters. The topological polar surface area (TPSA) is 277 Å². The average Bonchev–Trinajstić information content (AvgIpc) is 1.76. The third-order valence-electron chi connectivity index (χ3n) is 0. The molecule has 0 saturated carbocycles. The second kappa shape index (κ2) is 42.8. The molecule has 0 bridgehead atoms. The SMILES string of the molecule is [Cr+3].[Cr+3].[Cr+3].[Cr+3].[O-]B([O-])[O-].[O-]B([O-])[O-].[O-]B([O-])[O-].[O-]B([O-])[O-]. The molecular formula is B4Cr4O12. The van der Waals surface area contributed by atoms with E-state index in [1.54, 1.807) is 0 Å². The molecular weight excluding hydrogens is 443 g/mol. The van der Waals surface area contributed by atoms with Crippen molar-refractivity contribution in [3.8, 4) is 0 Å². The Balaban J connectivity index is -0.0000000150. The van der Waals surface area contributed by atoms with Gasteiger partial charge in [-0.3, -0.25) is 29.3 Å². The molecule has 12 nitrogen and oxygen atoms in total. The van der Waals surface area contributed by atoms with Crippen molar-refractivity contribution in [2.24, 2.45) is 0 Å². The molecule has 0 aliphatic rings. The zero-order valence-electron chi connectivity index (χ0n) is 8.84. The van der Waals surface area contributed by atoms with Gasteiger partial charge in [0.25, 0.3) is 0 Å². The van der Waals surface area contributed by atoms with Crippen LogP contribution in [-0.4, -0.2) is 29.3 Å². The molecule has 20 heavy (non-hydrogen) atoms. The van der Waals surface area contributed by atoms with Gasteiger partial charge in [-0.2, -0.15) is 0 Å². The number of rotatable bonds is 0. The second-order valence-electron chi connectivity index (χ2n) is 1.15. The van der Waals surface area contributed by atoms with Crippen LogP contribution in [0.25, 0.3) is 0 Å². The summed E-state index contributed by atoms with van der Waals surface area (Å²) in [6, 6.07) is 0. The van der Waals surface area contributed by atoms with E-state index in [-0.39, 0.29) is 69.4 Å². The second-order valence-corrected chi connectivity index (χ2v) is 1.15. The van der Waals surface area contributed by atoms with Crippen molar-refractivity contribution in [3.63, 3.8) is 0 Å². The van der Waals surface area contributed by atoms with E-state index in [2.05, 4.69) is 0 Å². The molecule has 20 heteroatoms. The van der Waals surface area contributed by atoms with Gasteiger partial charge in [0, 0.05) is 0 Å². The molecule has 0 aliphatic heterocycles. The van der Waals surface area contributed by atoms with Crippen molar-refractivity contribution in [3.05, 3.63) is 0 Å². The van der Waals surface area contributed by atoms with Gasteiger partial charge in [0.2, 0.25) is 0 Å². The van der Waals surface area contributed by atoms with E-state index in [4.69, 9.17) is 60.3 Å². The summed E-state index contributed by atoms with van der Waals surface area (Å²) in [4.78, 5) is 0. The van der Waals surface area contributed by atoms with Gasteiger partial charge >= 0.3 is 69.4 Å². The van der Waals surface area contributed by atoms with Gasteiger partial charge in [0.05, 0.1) is 0 Å². The molecule has 4 radical (unpaired) electrons. The van der Waals surface area contributed by atoms with Crippen LogP contribution >= 0.6 is 0 Å². The first-order valence-corrected chi connectivity index (χ1v) is 2.83. The van der Waals surface area contributed by atoms with Gasteiger partial charge < -0.3 is 60.3 Å². The molecule has 0 aromatic carbocycles. The maximum atomic E-state index is 8.42. The summed E-state index contributed by atoms with van der Waals surface area (Å²) >= 11 is 0. The Morgan fingerprint density at radius 2 is 0.250 bits per heavy atom. The molecule has 0 saturated heterocycles. The third-order valence-corrected chi connectivity index (χ3v) is 0. The Bertz CT molecular complexity index is 70.4. The summed E-state index contributed by atoms with van der Waals surface area (Å²) in [6.45, 7) is 0. The number of hydrogen-bond acceptors (Lipinski definition) is 12. The van der Waals surface area contributed by atoms with Crippen molar-refractivity contribution >= 4 is 29.3 Å².